The Balaban J connectivity index is 1.57. The molecule has 154 valence electrons. The van der Waals surface area contributed by atoms with Crippen molar-refractivity contribution >= 4 is 33.5 Å². The molecule has 0 saturated carbocycles. The number of anilines is 1. The van der Waals surface area contributed by atoms with Crippen molar-refractivity contribution in [3.8, 4) is 0 Å². The number of halogens is 1. The topological polar surface area (TPSA) is 47.5 Å². The van der Waals surface area contributed by atoms with E-state index in [1.54, 1.807) is 11.8 Å². The van der Waals surface area contributed by atoms with Gasteiger partial charge < -0.3 is 14.4 Å². The Morgan fingerprint density at radius 3 is 3.00 bits per heavy atom. The van der Waals surface area contributed by atoms with E-state index in [-0.39, 0.29) is 5.60 Å². The zero-order chi connectivity index (χ0) is 19.8. The lowest BCUT2D eigenvalue weighted by Gasteiger charge is -2.43. The minimum Gasteiger partial charge on any atom is -0.380 e. The van der Waals surface area contributed by atoms with E-state index in [0.717, 1.165) is 85.1 Å². The van der Waals surface area contributed by atoms with Gasteiger partial charge in [0.1, 0.15) is 11.4 Å². The number of nitrogens with zero attached hydrogens (tertiary/aromatic N) is 3. The molecule has 7 heteroatoms. The smallest absolute Gasteiger partial charge is 0.189 e. The molecular formula is C22H26BrN3O2S. The van der Waals surface area contributed by atoms with Crippen LogP contribution in [0.15, 0.2) is 27.8 Å². The Labute approximate surface area is 184 Å². The Kier molecular flexibility index (Phi) is 5.58. The molecule has 0 N–H and O–H groups in total. The van der Waals surface area contributed by atoms with Gasteiger partial charge in [-0.15, -0.1) is 0 Å². The van der Waals surface area contributed by atoms with Crippen molar-refractivity contribution in [2.45, 2.75) is 49.5 Å². The lowest BCUT2D eigenvalue weighted by atomic mass is 9.75. The molecule has 1 saturated heterocycles. The first-order valence-electron chi connectivity index (χ1n) is 10.4. The maximum atomic E-state index is 6.70. The van der Waals surface area contributed by atoms with E-state index in [1.807, 2.05) is 0 Å². The summed E-state index contributed by atoms with van der Waals surface area (Å²) in [6, 6.07) is 6.52. The molecule has 29 heavy (non-hydrogen) atoms. The first-order valence-corrected chi connectivity index (χ1v) is 12.4. The zero-order valence-electron chi connectivity index (χ0n) is 16.7. The molecule has 0 radical (unpaired) electrons. The predicted octanol–water partition coefficient (Wildman–Crippen LogP) is 4.49. The fourth-order valence-electron chi connectivity index (χ4n) is 4.93. The summed E-state index contributed by atoms with van der Waals surface area (Å²) in [4.78, 5) is 12.2. The van der Waals surface area contributed by atoms with Gasteiger partial charge in [0.25, 0.3) is 0 Å². The average Bonchev–Trinajstić information content (AvgIpc) is 3.02. The minimum absolute atomic E-state index is 0.288. The Hall–Kier alpha value is -1.15. The highest BCUT2D eigenvalue weighted by molar-refractivity contribution is 9.10. The Bertz CT molecular complexity index is 917. The molecule has 2 aromatic rings. The second-order valence-electron chi connectivity index (χ2n) is 8.00. The molecule has 1 aromatic heterocycles. The number of hydrogen-bond acceptors (Lipinski definition) is 6. The highest BCUT2D eigenvalue weighted by atomic mass is 79.9. The van der Waals surface area contributed by atoms with Gasteiger partial charge in [-0.1, -0.05) is 39.8 Å². The fraction of sp³-hybridized carbons (Fsp3) is 0.545. The van der Waals surface area contributed by atoms with Crippen LogP contribution in [0.4, 0.5) is 5.82 Å². The summed E-state index contributed by atoms with van der Waals surface area (Å²) in [5, 5.41) is 0.851. The summed E-state index contributed by atoms with van der Waals surface area (Å²) in [5.74, 6) is 1.04. The fourth-order valence-corrected chi connectivity index (χ4v) is 6.08. The number of fused-ring (bicyclic) bond motifs is 3. The summed E-state index contributed by atoms with van der Waals surface area (Å²) in [6.45, 7) is 3.98. The summed E-state index contributed by atoms with van der Waals surface area (Å²) in [7, 11) is 0. The molecule has 1 fully saturated rings. The molecule has 5 rings (SSSR count). The molecule has 5 nitrogen and oxygen atoms in total. The lowest BCUT2D eigenvalue weighted by molar-refractivity contribution is -0.0861. The first-order chi connectivity index (χ1) is 14.2. The normalized spacial score (nSPS) is 24.1. The Morgan fingerprint density at radius 2 is 2.10 bits per heavy atom. The van der Waals surface area contributed by atoms with Crippen molar-refractivity contribution in [1.29, 1.82) is 0 Å². The number of aromatic nitrogens is 2. The van der Waals surface area contributed by atoms with Crippen LogP contribution in [0.25, 0.3) is 0 Å². The number of hydrogen-bond donors (Lipinski definition) is 0. The highest BCUT2D eigenvalue weighted by Gasteiger charge is 2.43. The van der Waals surface area contributed by atoms with Crippen molar-refractivity contribution in [2.24, 2.45) is 0 Å². The SMILES string of the molecule is CSc1nc2c(c(N3CCCOCC3)n1)COC1(CCCc3cccc(Br)c31)C2. The van der Waals surface area contributed by atoms with Gasteiger partial charge in [0.05, 0.1) is 18.9 Å². The standard InChI is InChI=1S/C22H26BrN3O2S/c1-29-21-24-18-13-22(8-3-6-15-5-2-7-17(23)19(15)22)28-14-16(18)20(25-21)26-9-4-11-27-12-10-26/h2,5,7H,3-4,6,8-14H2,1H3. The van der Waals surface area contributed by atoms with Crippen LogP contribution in [-0.4, -0.2) is 42.5 Å². The average molecular weight is 476 g/mol. The zero-order valence-corrected chi connectivity index (χ0v) is 19.1. The molecule has 1 atom stereocenters. The third-order valence-electron chi connectivity index (χ3n) is 6.28. The van der Waals surface area contributed by atoms with Gasteiger partial charge in [-0.3, -0.25) is 0 Å². The van der Waals surface area contributed by atoms with E-state index in [1.165, 1.54) is 11.1 Å². The number of ether oxygens (including phenoxy) is 2. The molecular weight excluding hydrogens is 450 g/mol. The summed E-state index contributed by atoms with van der Waals surface area (Å²) < 4.78 is 13.5. The van der Waals surface area contributed by atoms with Gasteiger partial charge in [0, 0.05) is 41.7 Å². The van der Waals surface area contributed by atoms with Crippen LogP contribution in [-0.2, 0) is 34.5 Å². The molecule has 1 unspecified atom stereocenters. The first kappa shape index (κ1) is 19.8. The monoisotopic (exact) mass is 475 g/mol. The number of thioether (sulfide) groups is 1. The van der Waals surface area contributed by atoms with Crippen molar-refractivity contribution in [2.75, 3.05) is 37.5 Å². The van der Waals surface area contributed by atoms with E-state index in [4.69, 9.17) is 19.4 Å². The van der Waals surface area contributed by atoms with E-state index in [0.29, 0.717) is 6.61 Å². The summed E-state index contributed by atoms with van der Waals surface area (Å²) >= 11 is 5.43. The van der Waals surface area contributed by atoms with Gasteiger partial charge in [-0.25, -0.2) is 9.97 Å². The molecule has 1 spiro atoms. The van der Waals surface area contributed by atoms with Gasteiger partial charge in [0.2, 0.25) is 0 Å². The van der Waals surface area contributed by atoms with Crippen molar-refractivity contribution < 1.29 is 9.47 Å². The minimum atomic E-state index is -0.288. The molecule has 1 aliphatic carbocycles. The van der Waals surface area contributed by atoms with E-state index >= 15 is 0 Å². The van der Waals surface area contributed by atoms with E-state index in [9.17, 15) is 0 Å². The maximum Gasteiger partial charge on any atom is 0.189 e. The molecule has 3 heterocycles. The van der Waals surface area contributed by atoms with Crippen LogP contribution in [0.1, 0.15) is 41.6 Å². The van der Waals surface area contributed by atoms with Crippen LogP contribution in [0.3, 0.4) is 0 Å². The second-order valence-corrected chi connectivity index (χ2v) is 9.63. The largest absolute Gasteiger partial charge is 0.380 e. The van der Waals surface area contributed by atoms with E-state index in [2.05, 4.69) is 45.3 Å². The lowest BCUT2D eigenvalue weighted by Crippen LogP contribution is -2.41. The number of benzene rings is 1. The van der Waals surface area contributed by atoms with Gasteiger partial charge in [-0.05, 0) is 43.6 Å². The quantitative estimate of drug-likeness (QED) is 0.470. The number of aryl methyl sites for hydroxylation is 1. The van der Waals surface area contributed by atoms with Crippen LogP contribution < -0.4 is 4.90 Å². The molecule has 2 aliphatic heterocycles. The second kappa shape index (κ2) is 8.17. The summed E-state index contributed by atoms with van der Waals surface area (Å²) in [6.07, 6.45) is 7.19. The third kappa shape index (κ3) is 3.60. The van der Waals surface area contributed by atoms with Gasteiger partial charge in [0.15, 0.2) is 5.16 Å². The molecule has 3 aliphatic rings. The number of rotatable bonds is 2. The van der Waals surface area contributed by atoms with Crippen LogP contribution >= 0.6 is 27.7 Å². The molecule has 1 aromatic carbocycles. The molecule has 0 amide bonds. The van der Waals surface area contributed by atoms with Gasteiger partial charge >= 0.3 is 0 Å². The predicted molar refractivity (Wildman–Crippen MR) is 119 cm³/mol. The third-order valence-corrected chi connectivity index (χ3v) is 7.49. The van der Waals surface area contributed by atoms with Crippen molar-refractivity contribution in [3.63, 3.8) is 0 Å². The van der Waals surface area contributed by atoms with Crippen LogP contribution in [0.5, 0.6) is 0 Å². The van der Waals surface area contributed by atoms with Crippen LogP contribution in [0, 0.1) is 0 Å². The van der Waals surface area contributed by atoms with E-state index < -0.39 is 0 Å². The van der Waals surface area contributed by atoms with Crippen molar-refractivity contribution in [3.05, 3.63) is 45.1 Å². The highest BCUT2D eigenvalue weighted by Crippen LogP contribution is 2.48. The van der Waals surface area contributed by atoms with Crippen LogP contribution in [0.2, 0.25) is 0 Å². The Morgan fingerprint density at radius 1 is 1.17 bits per heavy atom. The summed E-state index contributed by atoms with van der Waals surface area (Å²) in [5.41, 5.74) is 4.75. The van der Waals surface area contributed by atoms with Gasteiger partial charge in [-0.2, -0.15) is 0 Å². The molecule has 0 bridgehead atoms. The maximum absolute atomic E-state index is 6.70. The van der Waals surface area contributed by atoms with Crippen molar-refractivity contribution in [1.82, 2.24) is 9.97 Å².